The van der Waals surface area contributed by atoms with E-state index in [4.69, 9.17) is 0 Å². The molecule has 5 heteroatoms. The number of thioether (sulfide) groups is 1. The molecule has 0 saturated heterocycles. The summed E-state index contributed by atoms with van der Waals surface area (Å²) in [5.41, 5.74) is 1.24. The van der Waals surface area contributed by atoms with Gasteiger partial charge in [0.1, 0.15) is 0 Å². The van der Waals surface area contributed by atoms with Crippen LogP contribution in [-0.4, -0.2) is 10.9 Å². The monoisotopic (exact) mass is 231 g/mol. The summed E-state index contributed by atoms with van der Waals surface area (Å²) >= 11 is 5.42. The highest BCUT2D eigenvalue weighted by molar-refractivity contribution is 8.01. The van der Waals surface area contributed by atoms with E-state index in [1.807, 2.05) is 16.3 Å². The third kappa shape index (κ3) is 1.87. The van der Waals surface area contributed by atoms with Crippen molar-refractivity contribution in [2.24, 2.45) is 0 Å². The molecule has 2 rings (SSSR count). The molecule has 0 unspecified atom stereocenters. The molecule has 0 aliphatic carbocycles. The highest BCUT2D eigenvalue weighted by atomic mass is 32.2. The van der Waals surface area contributed by atoms with E-state index in [-0.39, 0.29) is 0 Å². The van der Waals surface area contributed by atoms with E-state index >= 15 is 0 Å². The second kappa shape index (κ2) is 3.94. The molecule has 0 saturated carbocycles. The average Bonchev–Trinajstić information content (AvgIpc) is 2.65. The van der Waals surface area contributed by atoms with Crippen molar-refractivity contribution in [2.45, 2.75) is 24.6 Å². The molecule has 0 atom stereocenters. The normalized spacial score (nSPS) is 11.2. The number of hydrogen-bond acceptors (Lipinski definition) is 4. The van der Waals surface area contributed by atoms with E-state index in [1.54, 1.807) is 22.7 Å². The molecule has 0 aromatic carbocycles. The van der Waals surface area contributed by atoms with Gasteiger partial charge in [-0.2, -0.15) is 0 Å². The van der Waals surface area contributed by atoms with Crippen molar-refractivity contribution in [2.75, 3.05) is 5.75 Å². The number of hydrogen-bond donors (Lipinski definition) is 0. The van der Waals surface area contributed by atoms with Crippen molar-refractivity contribution >= 4 is 38.6 Å². The van der Waals surface area contributed by atoms with Crippen LogP contribution in [-0.2, 0) is 0 Å². The lowest BCUT2D eigenvalue weighted by atomic mass is 10.6. The molecule has 2 aromatic heterocycles. The quantitative estimate of drug-likeness (QED) is 0.597. The molecule has 0 N–H and O–H groups in total. The van der Waals surface area contributed by atoms with Gasteiger partial charge < -0.3 is 0 Å². The van der Waals surface area contributed by atoms with Gasteiger partial charge in [0, 0.05) is 17.8 Å². The summed E-state index contributed by atoms with van der Waals surface area (Å²) in [6.07, 6.45) is 1.21. The Kier molecular flexibility index (Phi) is 2.86. The molecule has 0 aliphatic heterocycles. The Morgan fingerprint density at radius 3 is 3.15 bits per heavy atom. The van der Waals surface area contributed by atoms with E-state index in [9.17, 15) is 0 Å². The lowest BCUT2D eigenvalue weighted by molar-refractivity contribution is -0.582. The fourth-order valence-electron chi connectivity index (χ4n) is 0.991. The molecule has 2 aromatic rings. The highest BCUT2D eigenvalue weighted by Crippen LogP contribution is 2.25. The van der Waals surface area contributed by atoms with Gasteiger partial charge in [0.05, 0.1) is 5.38 Å². The zero-order chi connectivity index (χ0) is 9.26. The van der Waals surface area contributed by atoms with Crippen molar-refractivity contribution < 1.29 is 4.52 Å². The molecule has 0 radical (unpaired) electrons. The fourth-order valence-corrected chi connectivity index (χ4v) is 4.16. The lowest BCUT2D eigenvalue weighted by Gasteiger charge is -1.86. The van der Waals surface area contributed by atoms with Crippen LogP contribution in [0.1, 0.15) is 19.0 Å². The molecule has 2 nitrogen and oxygen atoms in total. The number of fused-ring (bicyclic) bond motifs is 1. The smallest absolute Gasteiger partial charge is 0.0892 e. The number of aryl methyl sites for hydroxylation is 1. The second-order valence-corrected chi connectivity index (χ2v) is 6.21. The molecule has 0 fully saturated rings. The summed E-state index contributed by atoms with van der Waals surface area (Å²) in [6.45, 7) is 4.29. The SMILES string of the molecule is CCCSc1n[n+]2c(C)csc2s1. The van der Waals surface area contributed by atoms with Crippen LogP contribution in [0.5, 0.6) is 0 Å². The third-order valence-electron chi connectivity index (χ3n) is 1.62. The minimum absolute atomic E-state index is 1.17. The van der Waals surface area contributed by atoms with Gasteiger partial charge in [-0.1, -0.05) is 30.0 Å². The van der Waals surface area contributed by atoms with Gasteiger partial charge in [-0.05, 0) is 22.3 Å². The Morgan fingerprint density at radius 2 is 2.46 bits per heavy atom. The van der Waals surface area contributed by atoms with Crippen molar-refractivity contribution in [1.29, 1.82) is 0 Å². The van der Waals surface area contributed by atoms with Gasteiger partial charge in [-0.3, -0.25) is 0 Å². The minimum Gasteiger partial charge on any atom is -0.0892 e. The standard InChI is InChI=1S/C8H11N2S3/c1-3-4-11-7-9-10-6(2)5-12-8(10)13-7/h5H,3-4H2,1-2H3/q+1. The maximum absolute atomic E-state index is 4.52. The minimum atomic E-state index is 1.17. The Balaban J connectivity index is 2.28. The Morgan fingerprint density at radius 1 is 1.62 bits per heavy atom. The van der Waals surface area contributed by atoms with Gasteiger partial charge in [0.2, 0.25) is 10.0 Å². The summed E-state index contributed by atoms with van der Waals surface area (Å²) in [5, 5.41) is 6.66. The number of thiazole rings is 1. The van der Waals surface area contributed by atoms with E-state index in [0.29, 0.717) is 0 Å². The first kappa shape index (κ1) is 9.43. The van der Waals surface area contributed by atoms with Crippen molar-refractivity contribution in [1.82, 2.24) is 5.10 Å². The Bertz CT molecular complexity index is 404. The van der Waals surface area contributed by atoms with E-state index in [1.165, 1.54) is 26.4 Å². The fraction of sp³-hybridized carbons (Fsp3) is 0.500. The molecular formula is C8H11N2S3+. The van der Waals surface area contributed by atoms with Crippen LogP contribution in [0.3, 0.4) is 0 Å². The van der Waals surface area contributed by atoms with Gasteiger partial charge in [0.25, 0.3) is 0 Å². The summed E-state index contributed by atoms with van der Waals surface area (Å²) in [4.78, 5) is 0. The first-order valence-corrected chi connectivity index (χ1v) is 6.89. The second-order valence-electron chi connectivity index (χ2n) is 2.77. The average molecular weight is 231 g/mol. The van der Waals surface area contributed by atoms with Crippen LogP contribution in [0.15, 0.2) is 9.72 Å². The molecule has 0 amide bonds. The van der Waals surface area contributed by atoms with Crippen LogP contribution in [0.4, 0.5) is 0 Å². The first-order valence-electron chi connectivity index (χ1n) is 4.21. The molecule has 2 heterocycles. The lowest BCUT2D eigenvalue weighted by Crippen LogP contribution is -2.23. The predicted molar refractivity (Wildman–Crippen MR) is 58.9 cm³/mol. The largest absolute Gasteiger partial charge is 0.353 e. The molecular weight excluding hydrogens is 220 g/mol. The number of aromatic nitrogens is 2. The van der Waals surface area contributed by atoms with Gasteiger partial charge in [-0.25, -0.2) is 0 Å². The van der Waals surface area contributed by atoms with Gasteiger partial charge in [0.15, 0.2) is 0 Å². The zero-order valence-electron chi connectivity index (χ0n) is 7.61. The van der Waals surface area contributed by atoms with Crippen LogP contribution in [0.2, 0.25) is 0 Å². The molecule has 13 heavy (non-hydrogen) atoms. The maximum Gasteiger partial charge on any atom is 0.353 e. The van der Waals surface area contributed by atoms with Crippen molar-refractivity contribution in [3.05, 3.63) is 11.1 Å². The first-order chi connectivity index (χ1) is 6.31. The Labute approximate surface area is 89.6 Å². The van der Waals surface area contributed by atoms with Crippen LogP contribution >= 0.6 is 34.4 Å². The molecule has 0 aliphatic rings. The predicted octanol–water partition coefficient (Wildman–Crippen LogP) is 2.75. The Hall–Kier alpha value is -0.130. The van der Waals surface area contributed by atoms with Gasteiger partial charge in [-0.15, -0.1) is 0 Å². The zero-order valence-corrected chi connectivity index (χ0v) is 10.1. The van der Waals surface area contributed by atoms with Gasteiger partial charge >= 0.3 is 4.14 Å². The third-order valence-corrected chi connectivity index (χ3v) is 5.14. The topological polar surface area (TPSA) is 17.0 Å². The molecule has 0 bridgehead atoms. The molecule has 0 spiro atoms. The number of nitrogens with zero attached hydrogens (tertiary/aromatic N) is 2. The number of rotatable bonds is 3. The maximum atomic E-state index is 4.52. The van der Waals surface area contributed by atoms with Crippen LogP contribution < -0.4 is 4.52 Å². The van der Waals surface area contributed by atoms with Crippen LogP contribution in [0, 0.1) is 6.92 Å². The van der Waals surface area contributed by atoms with E-state index < -0.39 is 0 Å². The summed E-state index contributed by atoms with van der Waals surface area (Å²) in [5.74, 6) is 1.17. The highest BCUT2D eigenvalue weighted by Gasteiger charge is 2.17. The summed E-state index contributed by atoms with van der Waals surface area (Å²) < 4.78 is 4.51. The van der Waals surface area contributed by atoms with Crippen molar-refractivity contribution in [3.8, 4) is 0 Å². The summed E-state index contributed by atoms with van der Waals surface area (Å²) in [6, 6.07) is 0. The van der Waals surface area contributed by atoms with E-state index in [2.05, 4.69) is 24.3 Å². The van der Waals surface area contributed by atoms with Crippen molar-refractivity contribution in [3.63, 3.8) is 0 Å². The molecule has 70 valence electrons. The van der Waals surface area contributed by atoms with Crippen LogP contribution in [0.25, 0.3) is 4.14 Å². The summed E-state index contributed by atoms with van der Waals surface area (Å²) in [7, 11) is 0. The van der Waals surface area contributed by atoms with E-state index in [0.717, 1.165) is 0 Å².